The lowest BCUT2D eigenvalue weighted by Gasteiger charge is -2.00. The van der Waals surface area contributed by atoms with Crippen LogP contribution in [0.1, 0.15) is 31.3 Å². The monoisotopic (exact) mass is 186 g/mol. The van der Waals surface area contributed by atoms with E-state index in [1.54, 1.807) is 0 Å². The molecule has 0 fully saturated rings. The summed E-state index contributed by atoms with van der Waals surface area (Å²) in [6.07, 6.45) is 0. The van der Waals surface area contributed by atoms with Gasteiger partial charge in [-0.2, -0.15) is 0 Å². The molecule has 0 aromatic carbocycles. The average molecular weight is 186 g/mol. The predicted molar refractivity (Wildman–Crippen MR) is 42.2 cm³/mol. The van der Waals surface area contributed by atoms with Crippen LogP contribution in [0.4, 0.5) is 0 Å². The number of hydrogen-bond donors (Lipinski definition) is 0. The van der Waals surface area contributed by atoms with Crippen LogP contribution in [0.15, 0.2) is 13.6 Å². The summed E-state index contributed by atoms with van der Waals surface area (Å²) in [5.74, 6) is -0.0520. The van der Waals surface area contributed by atoms with Crippen molar-refractivity contribution >= 4 is 6.47 Å². The Morgan fingerprint density at radius 1 is 1.46 bits per heavy atom. The van der Waals surface area contributed by atoms with Gasteiger partial charge in [0.05, 0.1) is 0 Å². The van der Waals surface area contributed by atoms with Gasteiger partial charge in [0.2, 0.25) is 0 Å². The van der Waals surface area contributed by atoms with E-state index in [4.69, 9.17) is 4.42 Å². The van der Waals surface area contributed by atoms with Gasteiger partial charge in [0.1, 0.15) is 0 Å². The molecule has 0 amide bonds. The molecule has 0 N–H and O–H groups in total. The van der Waals surface area contributed by atoms with Crippen molar-refractivity contribution in [2.75, 3.05) is 0 Å². The molecule has 0 aliphatic rings. The molecule has 13 heavy (non-hydrogen) atoms. The zero-order valence-corrected chi connectivity index (χ0v) is 7.40. The first kappa shape index (κ1) is 9.57. The van der Waals surface area contributed by atoms with Crippen LogP contribution in [0.3, 0.4) is 0 Å². The summed E-state index contributed by atoms with van der Waals surface area (Å²) in [6.45, 7) is 3.91. The van der Waals surface area contributed by atoms with Crippen molar-refractivity contribution in [3.63, 3.8) is 0 Å². The van der Waals surface area contributed by atoms with Crippen molar-refractivity contribution in [3.8, 4) is 0 Å². The highest BCUT2D eigenvalue weighted by Gasteiger charge is 2.15. The molecule has 1 aromatic heterocycles. The maximum absolute atomic E-state index is 10.7. The van der Waals surface area contributed by atoms with Crippen LogP contribution in [-0.2, 0) is 16.1 Å². The second-order valence-electron chi connectivity index (χ2n) is 2.80. The molecule has 5 nitrogen and oxygen atoms in total. The molecule has 0 spiro atoms. The summed E-state index contributed by atoms with van der Waals surface area (Å²) >= 11 is 0. The van der Waals surface area contributed by atoms with Gasteiger partial charge >= 0.3 is 5.82 Å². The van der Waals surface area contributed by atoms with Crippen molar-refractivity contribution in [3.05, 3.63) is 22.1 Å². The minimum Gasteiger partial charge on any atom is -0.460 e. The van der Waals surface area contributed by atoms with Crippen LogP contribution < -0.4 is 5.82 Å². The second kappa shape index (κ2) is 3.93. The summed E-state index contributed by atoms with van der Waals surface area (Å²) in [5, 5.41) is 0. The molecular formula is C8H10O5. The Hall–Kier alpha value is -1.52. The van der Waals surface area contributed by atoms with Crippen LogP contribution in [0.25, 0.3) is 0 Å². The standard InChI is InChI=1S/C8H10O5/c1-5(2)7-6(3-11-4-9)12-8(10)13-7/h4-5H,3H2,1-2H3. The third-order valence-electron chi connectivity index (χ3n) is 1.48. The highest BCUT2D eigenvalue weighted by molar-refractivity contribution is 5.37. The Kier molecular flexibility index (Phi) is 2.89. The topological polar surface area (TPSA) is 69.7 Å². The van der Waals surface area contributed by atoms with E-state index in [0.717, 1.165) is 0 Å². The molecule has 0 unspecified atom stereocenters. The minimum absolute atomic E-state index is 0.0247. The Balaban J connectivity index is 2.90. The molecule has 1 heterocycles. The van der Waals surface area contributed by atoms with Crippen LogP contribution in [0, 0.1) is 0 Å². The largest absolute Gasteiger partial charge is 0.519 e. The molecule has 1 rings (SSSR count). The van der Waals surface area contributed by atoms with Crippen molar-refractivity contribution in [2.24, 2.45) is 0 Å². The predicted octanol–water partition coefficient (Wildman–Crippen LogP) is 1.03. The number of hydrogen-bond acceptors (Lipinski definition) is 5. The first-order valence-corrected chi connectivity index (χ1v) is 3.83. The fraction of sp³-hybridized carbons (Fsp3) is 0.500. The normalized spacial score (nSPS) is 10.4. The first-order valence-electron chi connectivity index (χ1n) is 3.83. The molecule has 5 heteroatoms. The van der Waals surface area contributed by atoms with Gasteiger partial charge in [-0.25, -0.2) is 4.79 Å². The van der Waals surface area contributed by atoms with Gasteiger partial charge < -0.3 is 13.6 Å². The molecule has 72 valence electrons. The van der Waals surface area contributed by atoms with Crippen molar-refractivity contribution < 1.29 is 18.4 Å². The number of carbonyl (C=O) groups is 1. The fourth-order valence-corrected chi connectivity index (χ4v) is 0.969. The minimum atomic E-state index is -0.770. The third-order valence-corrected chi connectivity index (χ3v) is 1.48. The first-order chi connectivity index (χ1) is 6.15. The maximum atomic E-state index is 10.7. The van der Waals surface area contributed by atoms with Crippen LogP contribution in [-0.4, -0.2) is 6.47 Å². The van der Waals surface area contributed by atoms with E-state index in [9.17, 15) is 9.59 Å². The SMILES string of the molecule is CC(C)c1oc(=O)oc1COC=O. The Bertz CT molecular complexity index is 333. The van der Waals surface area contributed by atoms with Gasteiger partial charge in [-0.3, -0.25) is 4.79 Å². The zero-order valence-electron chi connectivity index (χ0n) is 7.40. The highest BCUT2D eigenvalue weighted by Crippen LogP contribution is 2.18. The van der Waals surface area contributed by atoms with E-state index in [1.807, 2.05) is 13.8 Å². The van der Waals surface area contributed by atoms with E-state index in [0.29, 0.717) is 5.76 Å². The number of carbonyl (C=O) groups excluding carboxylic acids is 1. The molecule has 0 aliphatic carbocycles. The smallest absolute Gasteiger partial charge is 0.460 e. The van der Waals surface area contributed by atoms with Gasteiger partial charge in [0.15, 0.2) is 18.1 Å². The Morgan fingerprint density at radius 3 is 2.69 bits per heavy atom. The van der Waals surface area contributed by atoms with E-state index < -0.39 is 5.82 Å². The summed E-state index contributed by atoms with van der Waals surface area (Å²) in [4.78, 5) is 20.6. The average Bonchev–Trinajstić information content (AvgIpc) is 2.43. The number of ether oxygens (including phenoxy) is 1. The van der Waals surface area contributed by atoms with E-state index >= 15 is 0 Å². The quantitative estimate of drug-likeness (QED) is 0.657. The van der Waals surface area contributed by atoms with Crippen molar-refractivity contribution in [1.82, 2.24) is 0 Å². The lowest BCUT2D eigenvalue weighted by molar-refractivity contribution is -0.130. The lowest BCUT2D eigenvalue weighted by atomic mass is 10.1. The van der Waals surface area contributed by atoms with Crippen LogP contribution in [0.5, 0.6) is 0 Å². The summed E-state index contributed by atoms with van der Waals surface area (Å²) in [5.41, 5.74) is 0. The summed E-state index contributed by atoms with van der Waals surface area (Å²) < 4.78 is 13.9. The van der Waals surface area contributed by atoms with Crippen LogP contribution in [0.2, 0.25) is 0 Å². The third kappa shape index (κ3) is 2.21. The fourth-order valence-electron chi connectivity index (χ4n) is 0.969. The van der Waals surface area contributed by atoms with Gasteiger partial charge in [0.25, 0.3) is 6.47 Å². The number of rotatable bonds is 4. The molecule has 0 bridgehead atoms. The van der Waals surface area contributed by atoms with E-state index in [-0.39, 0.29) is 24.8 Å². The molecule has 0 saturated heterocycles. The van der Waals surface area contributed by atoms with Gasteiger partial charge in [0, 0.05) is 5.92 Å². The summed E-state index contributed by atoms with van der Waals surface area (Å²) in [7, 11) is 0. The van der Waals surface area contributed by atoms with E-state index in [1.165, 1.54) is 0 Å². The summed E-state index contributed by atoms with van der Waals surface area (Å²) in [6, 6.07) is 0. The van der Waals surface area contributed by atoms with Crippen molar-refractivity contribution in [2.45, 2.75) is 26.4 Å². The molecule has 0 saturated carbocycles. The lowest BCUT2D eigenvalue weighted by Crippen LogP contribution is -1.94. The Labute approximate surface area is 74.3 Å². The molecule has 0 atom stereocenters. The van der Waals surface area contributed by atoms with Gasteiger partial charge in [-0.05, 0) is 0 Å². The van der Waals surface area contributed by atoms with Crippen molar-refractivity contribution in [1.29, 1.82) is 0 Å². The molecule has 0 radical (unpaired) electrons. The molecular weight excluding hydrogens is 176 g/mol. The Morgan fingerprint density at radius 2 is 2.15 bits per heavy atom. The molecule has 1 aromatic rings. The van der Waals surface area contributed by atoms with Crippen LogP contribution >= 0.6 is 0 Å². The van der Waals surface area contributed by atoms with Gasteiger partial charge in [-0.1, -0.05) is 13.8 Å². The van der Waals surface area contributed by atoms with Gasteiger partial charge in [-0.15, -0.1) is 0 Å². The maximum Gasteiger partial charge on any atom is 0.519 e. The molecule has 0 aliphatic heterocycles. The second-order valence-corrected chi connectivity index (χ2v) is 2.80. The highest BCUT2D eigenvalue weighted by atomic mass is 16.6. The van der Waals surface area contributed by atoms with E-state index in [2.05, 4.69) is 9.15 Å². The zero-order chi connectivity index (χ0) is 9.84.